The second-order valence-corrected chi connectivity index (χ2v) is 1.72. The van der Waals surface area contributed by atoms with Gasteiger partial charge in [-0.25, -0.2) is 0 Å². The summed E-state index contributed by atoms with van der Waals surface area (Å²) in [5.41, 5.74) is 0. The van der Waals surface area contributed by atoms with E-state index < -0.39 is 45.1 Å². The third kappa shape index (κ3) is 6.33. The van der Waals surface area contributed by atoms with E-state index in [0.29, 0.717) is 0 Å². The molecule has 0 fully saturated rings. The van der Waals surface area contributed by atoms with E-state index in [4.69, 9.17) is 0 Å². The summed E-state index contributed by atoms with van der Waals surface area (Å²) in [5, 5.41) is 0. The Morgan fingerprint density at radius 3 is 1.86 bits per heavy atom. The van der Waals surface area contributed by atoms with Gasteiger partial charge >= 0.3 is 66.8 Å². The Balaban J connectivity index is 3.33. The minimum absolute atomic E-state index is 0.825. The van der Waals surface area contributed by atoms with E-state index >= 15 is 0 Å². The van der Waals surface area contributed by atoms with Crippen LogP contribution in [0.4, 0.5) is 0 Å². The molecule has 0 heterocycles. The molecule has 0 aliphatic rings. The van der Waals surface area contributed by atoms with Crippen LogP contribution in [0, 0.1) is 45.1 Å². The Morgan fingerprint density at radius 1 is 1.14 bits per heavy atom. The maximum absolute atomic E-state index is 9.22. The predicted molar refractivity (Wildman–Crippen MR) is 16.2 cm³/mol. The van der Waals surface area contributed by atoms with Gasteiger partial charge < -0.3 is 0 Å². The van der Waals surface area contributed by atoms with Gasteiger partial charge in [-0.2, -0.15) is 0 Å². The quantitative estimate of drug-likeness (QED) is 0.464. The van der Waals surface area contributed by atoms with Crippen LogP contribution in [0.5, 0.6) is 0 Å². The van der Waals surface area contributed by atoms with E-state index in [1.165, 1.54) is 12.2 Å². The molecule has 5 heteroatoms. The molecule has 4 nitrogen and oxygen atoms in total. The van der Waals surface area contributed by atoms with Crippen LogP contribution in [0.3, 0.4) is 0 Å². The topological polar surface area (TPSA) is 58.9 Å². The minimum atomic E-state index is -0.825. The van der Waals surface area contributed by atoms with Gasteiger partial charge in [-0.3, -0.25) is 0 Å². The molecule has 0 N–H and O–H groups in total. The van der Waals surface area contributed by atoms with Crippen molar-refractivity contribution in [1.82, 2.24) is 0 Å². The molecule has 0 atom stereocenters. The SMILES string of the molecule is O=C=N[Xe]N=C=O. The molecule has 0 saturated carbocycles. The van der Waals surface area contributed by atoms with Crippen LogP contribution in [0.25, 0.3) is 0 Å². The predicted octanol–water partition coefficient (Wildman–Crippen LogP) is -0.427. The monoisotopic (exact) mass is 216 g/mol. The number of hydrogen-bond acceptors (Lipinski definition) is 4. The van der Waals surface area contributed by atoms with E-state index in [2.05, 4.69) is 0.00964 Å². The van der Waals surface area contributed by atoms with Crippen LogP contribution in [-0.4, -0.2) is 12.2 Å². The van der Waals surface area contributed by atoms with Crippen LogP contribution >= 0.6 is 0 Å². The van der Waals surface area contributed by atoms with Crippen molar-refractivity contribution in [2.75, 3.05) is 0 Å². The summed E-state index contributed by atoms with van der Waals surface area (Å²) in [7, 11) is 0. The van der Waals surface area contributed by atoms with Gasteiger partial charge in [0, 0.05) is 0 Å². The molecular formula is C2N2O2Xe. The number of isocyanates is 2. The van der Waals surface area contributed by atoms with Crippen molar-refractivity contribution >= 4 is 12.2 Å². The molecule has 0 aromatic heterocycles. The van der Waals surface area contributed by atoms with Gasteiger partial charge in [0.05, 0.1) is 0 Å². The summed E-state index contributed by atoms with van der Waals surface area (Å²) in [5.74, 6) is 0. The number of carbonyl (C=O) groups excluding carboxylic acids is 2. The van der Waals surface area contributed by atoms with Gasteiger partial charge in [-0.15, -0.1) is 0 Å². The molecule has 0 aromatic carbocycles. The van der Waals surface area contributed by atoms with Crippen molar-refractivity contribution in [3.63, 3.8) is 0 Å². The van der Waals surface area contributed by atoms with E-state index in [-0.39, 0.29) is 0 Å². The molecule has 0 saturated heterocycles. The molecule has 0 amide bonds. The first-order chi connectivity index (χ1) is 3.41. The third-order valence-electron chi connectivity index (χ3n) is 0.135. The first-order valence-corrected chi connectivity index (χ1v) is 2.98. The molecule has 0 unspecified atom stereocenters. The standard InChI is InChI=1S/C2N2O2Xe/c5-1-3-7-4-2-6. The van der Waals surface area contributed by atoms with Crippen LogP contribution in [0.1, 0.15) is 0 Å². The Morgan fingerprint density at radius 2 is 1.57 bits per heavy atom. The molecular weight excluding hydrogens is 215 g/mol. The Hall–Kier alpha value is 0.331. The molecule has 0 spiro atoms. The van der Waals surface area contributed by atoms with E-state index in [1.807, 2.05) is 0 Å². The van der Waals surface area contributed by atoms with Crippen molar-refractivity contribution in [2.45, 2.75) is 0 Å². The molecule has 38 valence electrons. The van der Waals surface area contributed by atoms with Crippen LogP contribution in [0.2, 0.25) is 0 Å². The second-order valence-electron chi connectivity index (χ2n) is 0.411. The maximum atomic E-state index is 9.22. The number of nitrogens with zero attached hydrogens (tertiary/aromatic N) is 2. The number of hydrogen-bond donors (Lipinski definition) is 0. The van der Waals surface area contributed by atoms with Crippen LogP contribution in [0.15, 0.2) is 0.00964 Å². The van der Waals surface area contributed by atoms with Gasteiger partial charge in [-0.1, -0.05) is 0 Å². The van der Waals surface area contributed by atoms with Crippen LogP contribution in [-0.2, 0) is 9.59 Å². The molecule has 0 aromatic rings. The Kier molecular flexibility index (Phi) is 6.63. The van der Waals surface area contributed by atoms with Crippen molar-refractivity contribution in [3.8, 4) is 0 Å². The van der Waals surface area contributed by atoms with Gasteiger partial charge in [0.2, 0.25) is 0 Å². The summed E-state index contributed by atoms with van der Waals surface area (Å²) in [6.45, 7) is 0. The normalized spacial score (nSPS) is 6.29. The summed E-state index contributed by atoms with van der Waals surface area (Å²) >= 11 is -0.825. The Bertz CT molecular complexity index is 117. The van der Waals surface area contributed by atoms with E-state index in [9.17, 15) is 9.59 Å². The molecule has 0 radical (unpaired) electrons. The van der Waals surface area contributed by atoms with Gasteiger partial charge in [0.1, 0.15) is 0 Å². The summed E-state index contributed by atoms with van der Waals surface area (Å²) < 4.78 is 6.03. The second kappa shape index (κ2) is 6.33. The zero-order chi connectivity index (χ0) is 5.54. The molecule has 0 bridgehead atoms. The fourth-order valence-corrected chi connectivity index (χ4v) is 0.312. The van der Waals surface area contributed by atoms with Gasteiger partial charge in [-0.05, 0) is 0 Å². The first kappa shape index (κ1) is 7.33. The van der Waals surface area contributed by atoms with E-state index in [1.54, 1.807) is 0 Å². The zero-order valence-corrected chi connectivity index (χ0v) is 5.08. The molecule has 0 rings (SSSR count). The summed E-state index contributed by atoms with van der Waals surface area (Å²) in [4.78, 5) is 18.4. The van der Waals surface area contributed by atoms with Crippen LogP contribution < -0.4 is 0 Å². The Labute approximate surface area is 65.7 Å². The summed E-state index contributed by atoms with van der Waals surface area (Å²) in [6.07, 6.45) is 2.49. The average molecular weight is 215 g/mol. The fourth-order valence-electron chi connectivity index (χ4n) is 0.0465. The van der Waals surface area contributed by atoms with Crippen molar-refractivity contribution in [3.05, 3.63) is 0 Å². The fraction of sp³-hybridized carbons (Fsp3) is 0. The van der Waals surface area contributed by atoms with Crippen molar-refractivity contribution < 1.29 is 54.6 Å². The van der Waals surface area contributed by atoms with Crippen molar-refractivity contribution in [2.24, 2.45) is 0.00964 Å². The van der Waals surface area contributed by atoms with Gasteiger partial charge in [0.15, 0.2) is 0 Å². The average Bonchev–Trinajstić information content (AvgIpc) is 1.69. The van der Waals surface area contributed by atoms with E-state index in [0.717, 1.165) is 0 Å². The van der Waals surface area contributed by atoms with Crippen molar-refractivity contribution in [1.29, 1.82) is 0 Å². The molecule has 0 aliphatic carbocycles. The zero-order valence-electron chi connectivity index (χ0n) is 3.06. The first-order valence-electron chi connectivity index (χ1n) is 1.17. The third-order valence-corrected chi connectivity index (χ3v) is 0.907. The summed E-state index contributed by atoms with van der Waals surface area (Å²) in [6, 6.07) is 0. The molecule has 0 aliphatic heterocycles. The van der Waals surface area contributed by atoms with Gasteiger partial charge in [0.25, 0.3) is 0 Å². The molecule has 7 heavy (non-hydrogen) atoms. The number of rotatable bonds is 2.